The molecule has 1 aliphatic rings. The van der Waals surface area contributed by atoms with E-state index >= 15 is 0 Å². The first-order valence-corrected chi connectivity index (χ1v) is 9.72. The van der Waals surface area contributed by atoms with Gasteiger partial charge in [-0.1, -0.05) is 51.1 Å². The van der Waals surface area contributed by atoms with Crippen molar-refractivity contribution in [1.29, 1.82) is 0 Å². The van der Waals surface area contributed by atoms with Crippen LogP contribution in [-0.2, 0) is 11.8 Å². The third-order valence-corrected chi connectivity index (χ3v) is 5.05. The molecule has 1 aromatic carbocycles. The first-order valence-electron chi connectivity index (χ1n) is 9.72. The predicted molar refractivity (Wildman–Crippen MR) is 110 cm³/mol. The number of nitrogens with zero attached hydrogens (tertiary/aromatic N) is 3. The van der Waals surface area contributed by atoms with E-state index in [9.17, 15) is 4.79 Å². The summed E-state index contributed by atoms with van der Waals surface area (Å²) < 4.78 is 0. The highest BCUT2D eigenvalue weighted by atomic mass is 16.2. The summed E-state index contributed by atoms with van der Waals surface area (Å²) in [6, 6.07) is 14.7. The third-order valence-electron chi connectivity index (χ3n) is 5.05. The Morgan fingerprint density at radius 2 is 1.74 bits per heavy atom. The van der Waals surface area contributed by atoms with Gasteiger partial charge in [-0.15, -0.1) is 0 Å². The van der Waals surface area contributed by atoms with Crippen LogP contribution in [0.25, 0.3) is 0 Å². The molecule has 1 aromatic heterocycles. The van der Waals surface area contributed by atoms with Gasteiger partial charge in [0.25, 0.3) is 0 Å². The molecular formula is C22H30N4O. The first kappa shape index (κ1) is 19.2. The minimum Gasteiger partial charge on any atom is -0.353 e. The second kappa shape index (κ2) is 8.42. The normalized spacial score (nSPS) is 14.9. The van der Waals surface area contributed by atoms with Gasteiger partial charge in [0.2, 0.25) is 0 Å². The molecule has 2 heterocycles. The fraction of sp³-hybridized carbons (Fsp3) is 0.455. The Kier molecular flexibility index (Phi) is 5.99. The largest absolute Gasteiger partial charge is 0.353 e. The molecule has 0 spiro atoms. The third kappa shape index (κ3) is 5.22. The van der Waals surface area contributed by atoms with Crippen LogP contribution in [0.15, 0.2) is 48.7 Å². The molecule has 1 saturated heterocycles. The highest BCUT2D eigenvalue weighted by Crippen LogP contribution is 2.22. The number of urea groups is 1. The Labute approximate surface area is 162 Å². The maximum atomic E-state index is 12.4. The monoisotopic (exact) mass is 366 g/mol. The van der Waals surface area contributed by atoms with Gasteiger partial charge < -0.3 is 15.1 Å². The number of nitrogens with one attached hydrogen (secondary N) is 1. The number of amides is 2. The molecule has 2 amide bonds. The fourth-order valence-electron chi connectivity index (χ4n) is 3.28. The fourth-order valence-corrected chi connectivity index (χ4v) is 3.28. The van der Waals surface area contributed by atoms with E-state index in [0.29, 0.717) is 6.54 Å². The van der Waals surface area contributed by atoms with Crippen LogP contribution < -0.4 is 10.2 Å². The second-order valence-corrected chi connectivity index (χ2v) is 8.09. The number of aromatic nitrogens is 1. The van der Waals surface area contributed by atoms with Crippen LogP contribution in [0.2, 0.25) is 0 Å². The first-order chi connectivity index (χ1) is 12.9. The highest BCUT2D eigenvalue weighted by molar-refractivity contribution is 5.74. The van der Waals surface area contributed by atoms with Crippen molar-refractivity contribution in [3.8, 4) is 0 Å². The minimum atomic E-state index is 0.0296. The van der Waals surface area contributed by atoms with E-state index in [2.05, 4.69) is 60.2 Å². The molecule has 0 atom stereocenters. The molecule has 5 heteroatoms. The van der Waals surface area contributed by atoms with Gasteiger partial charge in [-0.05, 0) is 35.1 Å². The molecule has 0 bridgehead atoms. The van der Waals surface area contributed by atoms with E-state index in [4.69, 9.17) is 0 Å². The van der Waals surface area contributed by atoms with Gasteiger partial charge in [-0.25, -0.2) is 9.78 Å². The number of pyridine rings is 1. The van der Waals surface area contributed by atoms with Crippen LogP contribution in [0.1, 0.15) is 31.9 Å². The second-order valence-electron chi connectivity index (χ2n) is 8.09. The lowest BCUT2D eigenvalue weighted by atomic mass is 9.86. The van der Waals surface area contributed by atoms with Crippen molar-refractivity contribution < 1.29 is 4.79 Å². The number of hydrogen-bond acceptors (Lipinski definition) is 3. The molecule has 0 unspecified atom stereocenters. The summed E-state index contributed by atoms with van der Waals surface area (Å²) in [5.74, 6) is 0.983. The van der Waals surface area contributed by atoms with Crippen molar-refractivity contribution in [2.45, 2.75) is 32.6 Å². The van der Waals surface area contributed by atoms with Gasteiger partial charge in [0.1, 0.15) is 5.82 Å². The van der Waals surface area contributed by atoms with E-state index < -0.39 is 0 Å². The molecule has 0 saturated carbocycles. The van der Waals surface area contributed by atoms with Crippen molar-refractivity contribution >= 4 is 11.8 Å². The Morgan fingerprint density at radius 1 is 1.04 bits per heavy atom. The summed E-state index contributed by atoms with van der Waals surface area (Å²) >= 11 is 0. The number of rotatable bonds is 4. The van der Waals surface area contributed by atoms with Crippen LogP contribution >= 0.6 is 0 Å². The topological polar surface area (TPSA) is 48.5 Å². The molecule has 5 nitrogen and oxygen atoms in total. The Hall–Kier alpha value is -2.56. The Bertz CT molecular complexity index is 729. The summed E-state index contributed by atoms with van der Waals surface area (Å²) in [6.45, 7) is 10.4. The van der Waals surface area contributed by atoms with E-state index in [1.165, 1.54) is 11.1 Å². The Morgan fingerprint density at radius 3 is 2.33 bits per heavy atom. The van der Waals surface area contributed by atoms with Gasteiger partial charge in [0.15, 0.2) is 0 Å². The van der Waals surface area contributed by atoms with Crippen molar-refractivity contribution in [3.05, 3.63) is 59.8 Å². The summed E-state index contributed by atoms with van der Waals surface area (Å²) in [7, 11) is 0. The number of carbonyl (C=O) groups excluding carboxylic acids is 1. The average molecular weight is 367 g/mol. The zero-order chi connectivity index (χ0) is 19.3. The minimum absolute atomic E-state index is 0.0296. The highest BCUT2D eigenvalue weighted by Gasteiger charge is 2.21. The maximum Gasteiger partial charge on any atom is 0.317 e. The average Bonchev–Trinajstić information content (AvgIpc) is 2.68. The number of benzene rings is 1. The van der Waals surface area contributed by atoms with Crippen LogP contribution in [-0.4, -0.2) is 48.6 Å². The molecule has 1 aliphatic heterocycles. The number of carbonyl (C=O) groups is 1. The lowest BCUT2D eigenvalue weighted by Crippen LogP contribution is -2.52. The molecule has 1 fully saturated rings. The molecule has 0 aliphatic carbocycles. The van der Waals surface area contributed by atoms with Crippen LogP contribution in [0, 0.1) is 0 Å². The zero-order valence-electron chi connectivity index (χ0n) is 16.6. The number of piperazine rings is 1. The Balaban J connectivity index is 1.41. The molecule has 144 valence electrons. The summed E-state index contributed by atoms with van der Waals surface area (Å²) in [6.07, 6.45) is 2.66. The lowest BCUT2D eigenvalue weighted by Gasteiger charge is -2.35. The molecule has 3 rings (SSSR count). The molecule has 1 N–H and O–H groups in total. The van der Waals surface area contributed by atoms with Gasteiger partial charge in [0, 0.05) is 38.9 Å². The molecule has 0 radical (unpaired) electrons. The van der Waals surface area contributed by atoms with Gasteiger partial charge >= 0.3 is 6.03 Å². The lowest BCUT2D eigenvalue weighted by molar-refractivity contribution is 0.194. The van der Waals surface area contributed by atoms with Crippen molar-refractivity contribution in [3.63, 3.8) is 0 Å². The predicted octanol–water partition coefficient (Wildman–Crippen LogP) is 3.45. The van der Waals surface area contributed by atoms with Crippen molar-refractivity contribution in [2.24, 2.45) is 0 Å². The van der Waals surface area contributed by atoms with Gasteiger partial charge in [-0.2, -0.15) is 0 Å². The van der Waals surface area contributed by atoms with E-state index in [1.54, 1.807) is 0 Å². The van der Waals surface area contributed by atoms with E-state index in [1.807, 2.05) is 29.3 Å². The van der Waals surface area contributed by atoms with E-state index in [0.717, 1.165) is 38.4 Å². The van der Waals surface area contributed by atoms with E-state index in [-0.39, 0.29) is 11.4 Å². The summed E-state index contributed by atoms with van der Waals surface area (Å²) in [5.41, 5.74) is 2.76. The maximum absolute atomic E-state index is 12.4. The number of anilines is 1. The molecule has 27 heavy (non-hydrogen) atoms. The smallest absolute Gasteiger partial charge is 0.317 e. The van der Waals surface area contributed by atoms with Crippen molar-refractivity contribution in [2.75, 3.05) is 37.6 Å². The molecular weight excluding hydrogens is 336 g/mol. The van der Waals surface area contributed by atoms with Crippen LogP contribution in [0.4, 0.5) is 10.6 Å². The number of hydrogen-bond donors (Lipinski definition) is 1. The van der Waals surface area contributed by atoms with Gasteiger partial charge in [-0.3, -0.25) is 0 Å². The zero-order valence-corrected chi connectivity index (χ0v) is 16.6. The standard InChI is InChI=1S/C22H30N4O/c1-22(2,3)19-9-7-18(8-10-19)11-13-24-21(27)26-16-14-25(15-17-26)20-6-4-5-12-23-20/h4-10,12H,11,13-17H2,1-3H3,(H,24,27). The van der Waals surface area contributed by atoms with Crippen LogP contribution in [0.3, 0.4) is 0 Å². The summed E-state index contributed by atoms with van der Waals surface area (Å²) in [4.78, 5) is 20.9. The SMILES string of the molecule is CC(C)(C)c1ccc(CCNC(=O)N2CCN(c3ccccn3)CC2)cc1. The summed E-state index contributed by atoms with van der Waals surface area (Å²) in [5, 5.41) is 3.05. The quantitative estimate of drug-likeness (QED) is 0.902. The van der Waals surface area contributed by atoms with Crippen molar-refractivity contribution in [1.82, 2.24) is 15.2 Å². The molecule has 2 aromatic rings. The van der Waals surface area contributed by atoms with Gasteiger partial charge in [0.05, 0.1) is 0 Å². The van der Waals surface area contributed by atoms with Crippen LogP contribution in [0.5, 0.6) is 0 Å².